The minimum atomic E-state index is 0.286. The third-order valence-corrected chi connectivity index (χ3v) is 4.25. The normalized spacial score (nSPS) is 11.6. The number of azo groups is 1. The Balaban J connectivity index is 1.82. The van der Waals surface area contributed by atoms with E-state index in [1.165, 1.54) is 22.4 Å². The average Bonchev–Trinajstić information content (AvgIpc) is 3.33. The largest absolute Gasteiger partial charge is 0.258 e. The van der Waals surface area contributed by atoms with E-state index in [4.69, 9.17) is 0 Å². The summed E-state index contributed by atoms with van der Waals surface area (Å²) in [5.41, 5.74) is 2.16. The van der Waals surface area contributed by atoms with Gasteiger partial charge in [-0.05, 0) is 20.8 Å². The van der Waals surface area contributed by atoms with E-state index in [0.717, 1.165) is 0 Å². The molecule has 0 radical (unpaired) electrons. The first kappa shape index (κ1) is 15.1. The fourth-order valence-electron chi connectivity index (χ4n) is 2.28. The van der Waals surface area contributed by atoms with E-state index in [9.17, 15) is 5.26 Å². The molecule has 0 saturated carbocycles. The highest BCUT2D eigenvalue weighted by Gasteiger charge is 2.17. The Morgan fingerprint density at radius 3 is 2.84 bits per heavy atom. The van der Waals surface area contributed by atoms with Crippen LogP contribution >= 0.6 is 11.5 Å². The van der Waals surface area contributed by atoms with Crippen LogP contribution in [0.1, 0.15) is 22.9 Å². The number of H-pyrrole nitrogens is 1. The SMILES string of the molecule is Cc1nsc(-n2ncc(C#N)c2/N=N/c2c(C)nn3c(C)n[nH]c23)n1. The Morgan fingerprint density at radius 2 is 2.12 bits per heavy atom. The van der Waals surface area contributed by atoms with Gasteiger partial charge < -0.3 is 0 Å². The zero-order valence-corrected chi connectivity index (χ0v) is 14.3. The molecule has 0 unspecified atom stereocenters. The number of aromatic amines is 1. The van der Waals surface area contributed by atoms with Crippen LogP contribution in [0.5, 0.6) is 0 Å². The molecule has 0 aliphatic heterocycles. The quantitative estimate of drug-likeness (QED) is 0.561. The summed E-state index contributed by atoms with van der Waals surface area (Å²) in [6.45, 7) is 5.44. The van der Waals surface area contributed by atoms with E-state index in [2.05, 4.69) is 46.0 Å². The molecule has 124 valence electrons. The summed E-state index contributed by atoms with van der Waals surface area (Å²) in [6, 6.07) is 2.06. The monoisotopic (exact) mass is 353 g/mol. The molecule has 0 saturated heterocycles. The van der Waals surface area contributed by atoms with Crippen LogP contribution in [0.4, 0.5) is 11.5 Å². The van der Waals surface area contributed by atoms with Crippen molar-refractivity contribution in [3.63, 3.8) is 0 Å². The van der Waals surface area contributed by atoms with Gasteiger partial charge in [-0.3, -0.25) is 5.10 Å². The number of nitriles is 1. The van der Waals surface area contributed by atoms with Crippen LogP contribution in [-0.4, -0.2) is 38.9 Å². The molecule has 0 fully saturated rings. The third-order valence-electron chi connectivity index (χ3n) is 3.47. The maximum atomic E-state index is 9.30. The lowest BCUT2D eigenvalue weighted by Gasteiger charge is -1.97. The van der Waals surface area contributed by atoms with E-state index in [1.807, 2.05) is 13.8 Å². The average molecular weight is 353 g/mol. The van der Waals surface area contributed by atoms with Crippen molar-refractivity contribution in [2.24, 2.45) is 10.2 Å². The first-order valence-electron chi connectivity index (χ1n) is 7.19. The fourth-order valence-corrected chi connectivity index (χ4v) is 2.92. The van der Waals surface area contributed by atoms with Crippen LogP contribution in [0.15, 0.2) is 16.4 Å². The second kappa shape index (κ2) is 5.56. The van der Waals surface area contributed by atoms with Crippen molar-refractivity contribution < 1.29 is 0 Å². The maximum Gasteiger partial charge on any atom is 0.232 e. The molecule has 25 heavy (non-hydrogen) atoms. The first-order chi connectivity index (χ1) is 12.1. The van der Waals surface area contributed by atoms with Crippen molar-refractivity contribution in [2.45, 2.75) is 20.8 Å². The topological polar surface area (TPSA) is 138 Å². The number of nitrogens with one attached hydrogen (secondary N) is 1. The van der Waals surface area contributed by atoms with Crippen LogP contribution in [0.3, 0.4) is 0 Å². The second-order valence-electron chi connectivity index (χ2n) is 5.19. The summed E-state index contributed by atoms with van der Waals surface area (Å²) in [5, 5.41) is 33.8. The summed E-state index contributed by atoms with van der Waals surface area (Å²) >= 11 is 1.17. The Hall–Kier alpha value is -3.46. The summed E-state index contributed by atoms with van der Waals surface area (Å²) < 4.78 is 7.22. The summed E-state index contributed by atoms with van der Waals surface area (Å²) in [4.78, 5) is 4.27. The minimum Gasteiger partial charge on any atom is -0.258 e. The fraction of sp³-hybridized carbons (Fsp3) is 0.231. The highest BCUT2D eigenvalue weighted by molar-refractivity contribution is 7.08. The second-order valence-corrected chi connectivity index (χ2v) is 5.93. The van der Waals surface area contributed by atoms with Crippen molar-refractivity contribution >= 4 is 28.7 Å². The Kier molecular flexibility index (Phi) is 3.36. The molecule has 4 aromatic rings. The van der Waals surface area contributed by atoms with Gasteiger partial charge in [0.1, 0.15) is 23.3 Å². The van der Waals surface area contributed by atoms with Crippen LogP contribution in [-0.2, 0) is 0 Å². The molecule has 0 aliphatic rings. The predicted molar refractivity (Wildman–Crippen MR) is 87.5 cm³/mol. The molecule has 0 aromatic carbocycles. The molecule has 0 bridgehead atoms. The minimum absolute atomic E-state index is 0.286. The molecule has 0 amide bonds. The number of fused-ring (bicyclic) bond motifs is 1. The molecule has 4 aromatic heterocycles. The number of rotatable bonds is 3. The van der Waals surface area contributed by atoms with Crippen molar-refractivity contribution in [1.29, 1.82) is 5.26 Å². The standard InChI is InChI=1S/C13H11N11S/c1-6-10(12-20-17-8(3)23(12)21-6)18-19-11-9(4-14)5-15-24(11)13-16-7(2)22-25-13/h5,20H,1-3H3/b19-18+. The Labute approximate surface area is 144 Å². The summed E-state index contributed by atoms with van der Waals surface area (Å²) in [7, 11) is 0. The summed E-state index contributed by atoms with van der Waals surface area (Å²) in [5.74, 6) is 1.62. The lowest BCUT2D eigenvalue weighted by Crippen LogP contribution is -1.94. The number of aromatic nitrogens is 8. The molecular weight excluding hydrogens is 342 g/mol. The molecule has 11 nitrogen and oxygen atoms in total. The van der Waals surface area contributed by atoms with Gasteiger partial charge in [0.05, 0.1) is 11.9 Å². The Morgan fingerprint density at radius 1 is 1.28 bits per heavy atom. The van der Waals surface area contributed by atoms with Gasteiger partial charge in [-0.25, -0.2) is 4.98 Å². The van der Waals surface area contributed by atoms with Gasteiger partial charge in [0.15, 0.2) is 17.2 Å². The predicted octanol–water partition coefficient (Wildman–Crippen LogP) is 2.31. The van der Waals surface area contributed by atoms with Crippen molar-refractivity contribution in [3.8, 4) is 11.2 Å². The van der Waals surface area contributed by atoms with Gasteiger partial charge in [0.2, 0.25) is 5.13 Å². The van der Waals surface area contributed by atoms with Crippen LogP contribution in [0.2, 0.25) is 0 Å². The molecular formula is C13H11N11S. The highest BCUT2D eigenvalue weighted by atomic mass is 32.1. The molecule has 4 rings (SSSR count). The molecule has 12 heteroatoms. The van der Waals surface area contributed by atoms with Crippen molar-refractivity contribution in [3.05, 3.63) is 29.1 Å². The van der Waals surface area contributed by atoms with E-state index in [1.54, 1.807) is 11.4 Å². The number of aryl methyl sites for hydroxylation is 3. The molecule has 0 atom stereocenters. The first-order valence-corrected chi connectivity index (χ1v) is 7.96. The van der Waals surface area contributed by atoms with Crippen LogP contribution in [0, 0.1) is 32.1 Å². The third kappa shape index (κ3) is 2.37. The number of hydrogen-bond acceptors (Lipinski definition) is 9. The van der Waals surface area contributed by atoms with Gasteiger partial charge in [0, 0.05) is 11.5 Å². The van der Waals surface area contributed by atoms with E-state index < -0.39 is 0 Å². The maximum absolute atomic E-state index is 9.30. The lowest BCUT2D eigenvalue weighted by atomic mass is 10.4. The van der Waals surface area contributed by atoms with Crippen LogP contribution < -0.4 is 0 Å². The van der Waals surface area contributed by atoms with Gasteiger partial charge >= 0.3 is 0 Å². The number of nitrogens with zero attached hydrogens (tertiary/aromatic N) is 10. The molecule has 4 heterocycles. The van der Waals surface area contributed by atoms with Gasteiger partial charge in [-0.2, -0.15) is 34.1 Å². The van der Waals surface area contributed by atoms with Crippen LogP contribution in [0.25, 0.3) is 10.8 Å². The molecule has 0 aliphatic carbocycles. The molecule has 1 N–H and O–H groups in total. The van der Waals surface area contributed by atoms with E-state index >= 15 is 0 Å². The lowest BCUT2D eigenvalue weighted by molar-refractivity contribution is 0.854. The van der Waals surface area contributed by atoms with Gasteiger partial charge in [-0.1, -0.05) is 0 Å². The van der Waals surface area contributed by atoms with Gasteiger partial charge in [0.25, 0.3) is 0 Å². The smallest absolute Gasteiger partial charge is 0.232 e. The Bertz CT molecular complexity index is 1150. The number of hydrogen-bond donors (Lipinski definition) is 1. The highest BCUT2D eigenvalue weighted by Crippen LogP contribution is 2.29. The van der Waals surface area contributed by atoms with Gasteiger partial charge in [-0.15, -0.1) is 10.2 Å². The summed E-state index contributed by atoms with van der Waals surface area (Å²) in [6.07, 6.45) is 1.42. The van der Waals surface area contributed by atoms with E-state index in [-0.39, 0.29) is 5.82 Å². The molecule has 0 spiro atoms. The van der Waals surface area contributed by atoms with Crippen molar-refractivity contribution in [1.82, 2.24) is 38.9 Å². The van der Waals surface area contributed by atoms with Crippen molar-refractivity contribution in [2.75, 3.05) is 0 Å². The zero-order valence-electron chi connectivity index (χ0n) is 13.5. The van der Waals surface area contributed by atoms with E-state index in [0.29, 0.717) is 39.4 Å². The zero-order chi connectivity index (χ0) is 17.6.